The Morgan fingerprint density at radius 2 is 1.69 bits per heavy atom. The standard InChI is InChI=1S/C24H25N5O2S/c1-17-3-8-24(26-14-17)28-11-9-20(10-12-28)29-23-16-25-22(13-19(23)15-27-29)18-4-6-21(7-5-18)32(2,30)31/h3-8,13-16,20H,9-12H2,1-2H3. The van der Waals surface area contributed by atoms with Crippen LogP contribution >= 0.6 is 0 Å². The number of pyridine rings is 2. The van der Waals surface area contributed by atoms with Gasteiger partial charge in [0.1, 0.15) is 5.82 Å². The van der Waals surface area contributed by atoms with Gasteiger partial charge in [-0.15, -0.1) is 0 Å². The van der Waals surface area contributed by atoms with Crippen molar-refractivity contribution in [1.82, 2.24) is 19.7 Å². The number of aryl methyl sites for hydroxylation is 1. The Morgan fingerprint density at radius 3 is 2.34 bits per heavy atom. The second-order valence-corrected chi connectivity index (χ2v) is 10.4. The average Bonchev–Trinajstić information content (AvgIpc) is 3.22. The number of hydrogen-bond donors (Lipinski definition) is 0. The van der Waals surface area contributed by atoms with Crippen LogP contribution in [0.3, 0.4) is 0 Å². The molecule has 32 heavy (non-hydrogen) atoms. The van der Waals surface area contributed by atoms with E-state index in [4.69, 9.17) is 0 Å². The highest BCUT2D eigenvalue weighted by Gasteiger charge is 2.23. The Balaban J connectivity index is 1.34. The number of fused-ring (bicyclic) bond motifs is 1. The van der Waals surface area contributed by atoms with E-state index in [1.54, 1.807) is 24.3 Å². The summed E-state index contributed by atoms with van der Waals surface area (Å²) in [7, 11) is -3.21. The second kappa shape index (κ2) is 8.02. The summed E-state index contributed by atoms with van der Waals surface area (Å²) in [6.07, 6.45) is 8.89. The second-order valence-electron chi connectivity index (χ2n) is 8.43. The molecule has 0 saturated carbocycles. The number of nitrogens with zero attached hydrogens (tertiary/aromatic N) is 5. The highest BCUT2D eigenvalue weighted by molar-refractivity contribution is 7.90. The predicted octanol–water partition coefficient (Wildman–Crippen LogP) is 4.05. The molecule has 4 aromatic rings. The first-order chi connectivity index (χ1) is 15.4. The summed E-state index contributed by atoms with van der Waals surface area (Å²) in [5, 5.41) is 5.71. The lowest BCUT2D eigenvalue weighted by Crippen LogP contribution is -2.35. The maximum atomic E-state index is 11.7. The zero-order chi connectivity index (χ0) is 22.3. The zero-order valence-corrected chi connectivity index (χ0v) is 19.0. The van der Waals surface area contributed by atoms with E-state index in [1.807, 2.05) is 24.7 Å². The van der Waals surface area contributed by atoms with Gasteiger partial charge in [0.25, 0.3) is 0 Å². The number of rotatable bonds is 4. The molecule has 1 aromatic carbocycles. The molecule has 0 aliphatic carbocycles. The van der Waals surface area contributed by atoms with Gasteiger partial charge < -0.3 is 4.90 Å². The Kier molecular flexibility index (Phi) is 5.17. The molecule has 0 bridgehead atoms. The van der Waals surface area contributed by atoms with Gasteiger partial charge >= 0.3 is 0 Å². The third-order valence-corrected chi connectivity index (χ3v) is 7.22. The smallest absolute Gasteiger partial charge is 0.175 e. The minimum absolute atomic E-state index is 0.308. The molecule has 164 valence electrons. The van der Waals surface area contributed by atoms with Gasteiger partial charge in [0.05, 0.1) is 34.5 Å². The number of hydrogen-bond acceptors (Lipinski definition) is 6. The quantitative estimate of drug-likeness (QED) is 0.470. The van der Waals surface area contributed by atoms with Crippen LogP contribution in [0.4, 0.5) is 5.82 Å². The first kappa shape index (κ1) is 20.6. The van der Waals surface area contributed by atoms with Crippen LogP contribution in [0.15, 0.2) is 66.0 Å². The SMILES string of the molecule is Cc1ccc(N2CCC(n3ncc4cc(-c5ccc(S(C)(=O)=O)cc5)ncc43)CC2)nc1. The van der Waals surface area contributed by atoms with E-state index < -0.39 is 9.84 Å². The van der Waals surface area contributed by atoms with Crippen molar-refractivity contribution in [3.05, 3.63) is 66.6 Å². The Morgan fingerprint density at radius 1 is 0.938 bits per heavy atom. The number of anilines is 1. The fraction of sp³-hybridized carbons (Fsp3) is 0.292. The summed E-state index contributed by atoms with van der Waals surface area (Å²) in [5.41, 5.74) is 3.88. The van der Waals surface area contributed by atoms with Crippen LogP contribution in [0.25, 0.3) is 22.2 Å². The van der Waals surface area contributed by atoms with Crippen molar-refractivity contribution in [1.29, 1.82) is 0 Å². The van der Waals surface area contributed by atoms with Gasteiger partial charge in [0.15, 0.2) is 9.84 Å². The fourth-order valence-corrected chi connectivity index (χ4v) is 4.88. The van der Waals surface area contributed by atoms with E-state index >= 15 is 0 Å². The highest BCUT2D eigenvalue weighted by Crippen LogP contribution is 2.29. The van der Waals surface area contributed by atoms with Crippen molar-refractivity contribution in [2.75, 3.05) is 24.2 Å². The number of sulfone groups is 1. The van der Waals surface area contributed by atoms with Crippen molar-refractivity contribution in [3.8, 4) is 11.3 Å². The van der Waals surface area contributed by atoms with Crippen molar-refractivity contribution in [3.63, 3.8) is 0 Å². The van der Waals surface area contributed by atoms with Crippen molar-refractivity contribution in [2.24, 2.45) is 0 Å². The van der Waals surface area contributed by atoms with Crippen LogP contribution in [0.2, 0.25) is 0 Å². The molecule has 1 aliphatic heterocycles. The summed E-state index contributed by atoms with van der Waals surface area (Å²) in [6.45, 7) is 3.94. The highest BCUT2D eigenvalue weighted by atomic mass is 32.2. The maximum Gasteiger partial charge on any atom is 0.175 e. The predicted molar refractivity (Wildman–Crippen MR) is 126 cm³/mol. The molecule has 0 atom stereocenters. The van der Waals surface area contributed by atoms with Crippen LogP contribution in [0.1, 0.15) is 24.4 Å². The van der Waals surface area contributed by atoms with Gasteiger partial charge in [0, 0.05) is 36.5 Å². The molecule has 3 aromatic heterocycles. The van der Waals surface area contributed by atoms with E-state index in [2.05, 4.69) is 43.7 Å². The molecule has 1 saturated heterocycles. The molecule has 7 nitrogen and oxygen atoms in total. The lowest BCUT2D eigenvalue weighted by molar-refractivity contribution is 0.375. The summed E-state index contributed by atoms with van der Waals surface area (Å²) in [4.78, 5) is 11.8. The van der Waals surface area contributed by atoms with Gasteiger partial charge in [-0.05, 0) is 49.6 Å². The monoisotopic (exact) mass is 447 g/mol. The largest absolute Gasteiger partial charge is 0.356 e. The van der Waals surface area contributed by atoms with Crippen LogP contribution in [0, 0.1) is 6.92 Å². The van der Waals surface area contributed by atoms with Gasteiger partial charge in [-0.3, -0.25) is 9.67 Å². The Bertz CT molecular complexity index is 1350. The van der Waals surface area contributed by atoms with Gasteiger partial charge in [-0.25, -0.2) is 13.4 Å². The zero-order valence-electron chi connectivity index (χ0n) is 18.1. The van der Waals surface area contributed by atoms with Crippen molar-refractivity contribution < 1.29 is 8.42 Å². The maximum absolute atomic E-state index is 11.7. The molecule has 1 aliphatic rings. The molecular formula is C24H25N5O2S. The van der Waals surface area contributed by atoms with E-state index in [-0.39, 0.29) is 0 Å². The molecule has 8 heteroatoms. The summed E-state index contributed by atoms with van der Waals surface area (Å²) in [6, 6.07) is 13.4. The van der Waals surface area contributed by atoms with Crippen molar-refractivity contribution >= 4 is 26.6 Å². The van der Waals surface area contributed by atoms with E-state index in [1.165, 1.54) is 11.8 Å². The molecule has 0 spiro atoms. The number of piperidine rings is 1. The minimum atomic E-state index is -3.21. The fourth-order valence-electron chi connectivity index (χ4n) is 4.25. The summed E-state index contributed by atoms with van der Waals surface area (Å²) in [5.74, 6) is 1.03. The minimum Gasteiger partial charge on any atom is -0.356 e. The van der Waals surface area contributed by atoms with Gasteiger partial charge in [-0.1, -0.05) is 18.2 Å². The van der Waals surface area contributed by atoms with E-state index in [9.17, 15) is 8.42 Å². The lowest BCUT2D eigenvalue weighted by atomic mass is 10.0. The molecule has 0 N–H and O–H groups in total. The third kappa shape index (κ3) is 3.98. The first-order valence-corrected chi connectivity index (χ1v) is 12.6. The van der Waals surface area contributed by atoms with Gasteiger partial charge in [-0.2, -0.15) is 5.10 Å². The van der Waals surface area contributed by atoms with Crippen LogP contribution in [0.5, 0.6) is 0 Å². The molecular weight excluding hydrogens is 422 g/mol. The average molecular weight is 448 g/mol. The number of benzene rings is 1. The molecule has 0 unspecified atom stereocenters. The molecule has 0 amide bonds. The lowest BCUT2D eigenvalue weighted by Gasteiger charge is -2.33. The van der Waals surface area contributed by atoms with Crippen LogP contribution < -0.4 is 4.90 Å². The van der Waals surface area contributed by atoms with Crippen molar-refractivity contribution in [2.45, 2.75) is 30.7 Å². The molecule has 0 radical (unpaired) electrons. The van der Waals surface area contributed by atoms with Crippen LogP contribution in [-0.2, 0) is 9.84 Å². The third-order valence-electron chi connectivity index (χ3n) is 6.09. The first-order valence-electron chi connectivity index (χ1n) is 10.7. The van der Waals surface area contributed by atoms with E-state index in [0.29, 0.717) is 10.9 Å². The molecule has 1 fully saturated rings. The van der Waals surface area contributed by atoms with E-state index in [0.717, 1.165) is 53.9 Å². The Labute approximate surface area is 187 Å². The summed E-state index contributed by atoms with van der Waals surface area (Å²) < 4.78 is 25.5. The van der Waals surface area contributed by atoms with Crippen LogP contribution in [-0.4, -0.2) is 47.5 Å². The van der Waals surface area contributed by atoms with Gasteiger partial charge in [0.2, 0.25) is 0 Å². The topological polar surface area (TPSA) is 81.0 Å². The Hall–Kier alpha value is -3.26. The number of aromatic nitrogens is 4. The molecule has 5 rings (SSSR count). The summed E-state index contributed by atoms with van der Waals surface area (Å²) >= 11 is 0. The normalized spacial score (nSPS) is 15.4. The molecule has 4 heterocycles.